The summed E-state index contributed by atoms with van der Waals surface area (Å²) in [6.45, 7) is 4.26. The molecule has 9 nitrogen and oxygen atoms in total. The van der Waals surface area contributed by atoms with E-state index >= 15 is 4.39 Å². The quantitative estimate of drug-likeness (QED) is 0.247. The van der Waals surface area contributed by atoms with Crippen molar-refractivity contribution in [3.8, 4) is 22.9 Å². The lowest BCUT2D eigenvalue weighted by Crippen LogP contribution is -2.33. The number of methoxy groups -OCH3 is 1. The molecule has 216 valence electrons. The fourth-order valence-electron chi connectivity index (χ4n) is 4.66. The number of nitrogens with one attached hydrogen (secondary N) is 1. The first kappa shape index (κ1) is 28.6. The second-order valence-electron chi connectivity index (χ2n) is 10.2. The van der Waals surface area contributed by atoms with Crippen LogP contribution in [0.2, 0.25) is 0 Å². The van der Waals surface area contributed by atoms with Crippen LogP contribution in [-0.4, -0.2) is 52.4 Å². The number of ether oxygens (including phenoxy) is 2. The number of nitrogens with zero attached hydrogens (tertiary/aromatic N) is 4. The average molecular weight is 570 g/mol. The third-order valence-corrected chi connectivity index (χ3v) is 7.26. The molecule has 3 aromatic carbocycles. The van der Waals surface area contributed by atoms with Crippen LogP contribution in [0.4, 0.5) is 10.1 Å². The lowest BCUT2D eigenvalue weighted by Gasteiger charge is -2.23. The molecule has 0 saturated heterocycles. The molecule has 0 bridgehead atoms. The molecular weight excluding hydrogens is 537 g/mol. The van der Waals surface area contributed by atoms with Crippen LogP contribution in [0, 0.1) is 12.7 Å². The Morgan fingerprint density at radius 1 is 1.05 bits per heavy atom. The molecule has 0 spiro atoms. The molecule has 0 radical (unpaired) electrons. The molecule has 5 aromatic rings. The zero-order valence-electron chi connectivity index (χ0n) is 24.1. The van der Waals surface area contributed by atoms with Crippen molar-refractivity contribution >= 4 is 22.5 Å². The highest BCUT2D eigenvalue weighted by Gasteiger charge is 2.25. The summed E-state index contributed by atoms with van der Waals surface area (Å²) >= 11 is 0. The van der Waals surface area contributed by atoms with Crippen LogP contribution in [-0.2, 0) is 6.54 Å². The van der Waals surface area contributed by atoms with Crippen molar-refractivity contribution in [2.75, 3.05) is 26.5 Å². The summed E-state index contributed by atoms with van der Waals surface area (Å²) < 4.78 is 29.6. The number of amides is 1. The van der Waals surface area contributed by atoms with Gasteiger partial charge in [0.05, 0.1) is 30.6 Å². The number of hydrogen-bond donors (Lipinski definition) is 1. The molecule has 1 amide bonds. The van der Waals surface area contributed by atoms with Crippen molar-refractivity contribution in [3.63, 3.8) is 0 Å². The molecule has 10 heteroatoms. The van der Waals surface area contributed by atoms with E-state index in [1.165, 1.54) is 16.8 Å². The van der Waals surface area contributed by atoms with Crippen LogP contribution in [0.15, 0.2) is 83.8 Å². The zero-order chi connectivity index (χ0) is 30.0. The van der Waals surface area contributed by atoms with Crippen LogP contribution in [0.3, 0.4) is 0 Å². The maximum atomic E-state index is 15.2. The predicted molar refractivity (Wildman–Crippen MR) is 161 cm³/mol. The van der Waals surface area contributed by atoms with Gasteiger partial charge in [-0.3, -0.25) is 19.3 Å². The van der Waals surface area contributed by atoms with E-state index in [1.54, 1.807) is 44.5 Å². The highest BCUT2D eigenvalue weighted by atomic mass is 19.1. The second-order valence-corrected chi connectivity index (χ2v) is 10.2. The molecule has 1 N–H and O–H groups in total. The lowest BCUT2D eigenvalue weighted by molar-refractivity contribution is 0.102. The molecule has 0 aliphatic heterocycles. The Morgan fingerprint density at radius 3 is 2.50 bits per heavy atom. The summed E-state index contributed by atoms with van der Waals surface area (Å²) in [6, 6.07) is 20.3. The van der Waals surface area contributed by atoms with Gasteiger partial charge in [-0.15, -0.1) is 0 Å². The van der Waals surface area contributed by atoms with Crippen LogP contribution in [0.5, 0.6) is 17.2 Å². The van der Waals surface area contributed by atoms with Crippen molar-refractivity contribution < 1.29 is 18.7 Å². The number of fused-ring (bicyclic) bond motifs is 1. The molecule has 2 heterocycles. The number of hydrogen-bond acceptors (Lipinski definition) is 6. The van der Waals surface area contributed by atoms with Crippen molar-refractivity contribution in [1.29, 1.82) is 0 Å². The number of likely N-dealkylation sites (N-methyl/N-ethyl adjacent to an activating group) is 1. The Bertz CT molecular complexity index is 1810. The minimum absolute atomic E-state index is 0.00997. The number of benzene rings is 3. The second kappa shape index (κ2) is 11.9. The van der Waals surface area contributed by atoms with Crippen molar-refractivity contribution in [2.24, 2.45) is 0 Å². The molecule has 0 aliphatic carbocycles. The fraction of sp³-hybridized carbons (Fsp3) is 0.219. The highest BCUT2D eigenvalue weighted by Crippen LogP contribution is 2.33. The summed E-state index contributed by atoms with van der Waals surface area (Å²) in [6.07, 6.45) is 1.57. The van der Waals surface area contributed by atoms with E-state index in [4.69, 9.17) is 9.47 Å². The summed E-state index contributed by atoms with van der Waals surface area (Å²) in [7, 11) is 5.48. The van der Waals surface area contributed by atoms with Crippen molar-refractivity contribution in [2.45, 2.75) is 26.4 Å². The summed E-state index contributed by atoms with van der Waals surface area (Å²) in [5, 5.41) is 3.37. The van der Waals surface area contributed by atoms with E-state index in [1.807, 2.05) is 60.9 Å². The van der Waals surface area contributed by atoms with E-state index in [0.29, 0.717) is 40.3 Å². The number of carbonyl (C=O) groups excluding carboxylic acids is 1. The number of carbonyl (C=O) groups is 1. The number of aromatic nitrogens is 3. The van der Waals surface area contributed by atoms with Gasteiger partial charge in [-0.1, -0.05) is 18.2 Å². The van der Waals surface area contributed by atoms with Gasteiger partial charge in [0.2, 0.25) is 0 Å². The van der Waals surface area contributed by atoms with Gasteiger partial charge >= 0.3 is 0 Å². The SMILES string of the molecule is COc1ccc2c(Oc3ccc(NC(=O)c4c(C)n(C[C@H](C)N(C)C)n(-c5ccccc5)c4=O)cc3F)ccnc2c1. The van der Waals surface area contributed by atoms with Gasteiger partial charge in [0.25, 0.3) is 11.5 Å². The van der Waals surface area contributed by atoms with Crippen LogP contribution in [0.25, 0.3) is 16.6 Å². The van der Waals surface area contributed by atoms with Crippen LogP contribution >= 0.6 is 0 Å². The predicted octanol–water partition coefficient (Wildman–Crippen LogP) is 5.64. The van der Waals surface area contributed by atoms with E-state index in [2.05, 4.69) is 10.3 Å². The van der Waals surface area contributed by atoms with Gasteiger partial charge in [-0.05, 0) is 70.4 Å². The molecule has 0 aliphatic rings. The van der Waals surface area contributed by atoms with Gasteiger partial charge in [-0.2, -0.15) is 0 Å². The van der Waals surface area contributed by atoms with E-state index < -0.39 is 17.3 Å². The Hall–Kier alpha value is -4.96. The number of rotatable bonds is 9. The molecule has 0 fully saturated rings. The molecule has 0 saturated carbocycles. The smallest absolute Gasteiger partial charge is 0.284 e. The Balaban J connectivity index is 1.43. The van der Waals surface area contributed by atoms with Gasteiger partial charge < -0.3 is 19.7 Å². The first-order valence-electron chi connectivity index (χ1n) is 13.4. The fourth-order valence-corrected chi connectivity index (χ4v) is 4.66. The Labute approximate surface area is 242 Å². The number of para-hydroxylation sites is 1. The first-order valence-corrected chi connectivity index (χ1v) is 13.4. The standard InChI is InChI=1S/C32H32FN5O4/c1-20(36(3)4)19-37-21(2)30(32(40)38(37)23-9-7-6-8-10-23)31(39)35-22-11-14-29(26(33)17-22)42-28-15-16-34-27-18-24(41-5)12-13-25(27)28/h6-18,20H,19H2,1-5H3,(H,35,39)/t20-/m0/s1. The first-order chi connectivity index (χ1) is 20.2. The lowest BCUT2D eigenvalue weighted by atomic mass is 10.2. The number of pyridine rings is 1. The third-order valence-electron chi connectivity index (χ3n) is 7.26. The Morgan fingerprint density at radius 2 is 1.81 bits per heavy atom. The van der Waals surface area contributed by atoms with E-state index in [0.717, 1.165) is 6.07 Å². The molecule has 1 atom stereocenters. The van der Waals surface area contributed by atoms with Crippen molar-refractivity contribution in [3.05, 3.63) is 106 Å². The topological polar surface area (TPSA) is 90.6 Å². The van der Waals surface area contributed by atoms with E-state index in [-0.39, 0.29) is 23.0 Å². The van der Waals surface area contributed by atoms with Crippen LogP contribution < -0.4 is 20.3 Å². The molecule has 0 unspecified atom stereocenters. The van der Waals surface area contributed by atoms with Gasteiger partial charge in [-0.25, -0.2) is 9.07 Å². The molecule has 5 rings (SSSR count). The molecule has 42 heavy (non-hydrogen) atoms. The van der Waals surface area contributed by atoms with Crippen molar-refractivity contribution in [1.82, 2.24) is 19.2 Å². The summed E-state index contributed by atoms with van der Waals surface area (Å²) in [5.74, 6) is -0.263. The number of halogens is 1. The monoisotopic (exact) mass is 569 g/mol. The van der Waals surface area contributed by atoms with E-state index in [9.17, 15) is 9.59 Å². The maximum Gasteiger partial charge on any atom is 0.284 e. The summed E-state index contributed by atoms with van der Waals surface area (Å²) in [5.41, 5.74) is 1.52. The van der Waals surface area contributed by atoms with Gasteiger partial charge in [0.15, 0.2) is 11.6 Å². The maximum absolute atomic E-state index is 15.2. The highest BCUT2D eigenvalue weighted by molar-refractivity contribution is 6.05. The third kappa shape index (κ3) is 5.61. The molecular formula is C32H32FN5O4. The number of anilines is 1. The van der Waals surface area contributed by atoms with Gasteiger partial charge in [0, 0.05) is 35.4 Å². The minimum Gasteiger partial charge on any atom is -0.497 e. The Kier molecular flexibility index (Phi) is 8.08. The minimum atomic E-state index is -0.679. The van der Waals surface area contributed by atoms with Crippen LogP contribution in [0.1, 0.15) is 23.0 Å². The largest absolute Gasteiger partial charge is 0.497 e. The normalized spacial score (nSPS) is 12.0. The summed E-state index contributed by atoms with van der Waals surface area (Å²) in [4.78, 5) is 33.4. The van der Waals surface area contributed by atoms with Gasteiger partial charge in [0.1, 0.15) is 17.1 Å². The average Bonchev–Trinajstić information content (AvgIpc) is 3.23. The molecule has 2 aromatic heterocycles. The zero-order valence-corrected chi connectivity index (χ0v) is 24.1.